The van der Waals surface area contributed by atoms with Gasteiger partial charge in [-0.05, 0) is 38.1 Å². The molecule has 0 aliphatic carbocycles. The second-order valence-corrected chi connectivity index (χ2v) is 4.31. The average Bonchev–Trinajstić information content (AvgIpc) is 2.27. The third kappa shape index (κ3) is 2.38. The van der Waals surface area contributed by atoms with Crippen LogP contribution >= 0.6 is 0 Å². The Bertz CT molecular complexity index is 634. The van der Waals surface area contributed by atoms with E-state index in [9.17, 15) is 9.90 Å². The van der Waals surface area contributed by atoms with E-state index >= 15 is 0 Å². The molecule has 1 aromatic carbocycles. The fraction of sp³-hybridized carbons (Fsp3) is 0.214. The summed E-state index contributed by atoms with van der Waals surface area (Å²) < 4.78 is 1.70. The van der Waals surface area contributed by atoms with Crippen molar-refractivity contribution in [2.24, 2.45) is 0 Å². The summed E-state index contributed by atoms with van der Waals surface area (Å²) >= 11 is 0. The summed E-state index contributed by atoms with van der Waals surface area (Å²) in [6.45, 7) is 4.56. The van der Waals surface area contributed by atoms with E-state index in [0.717, 1.165) is 10.9 Å². The molecular weight excluding hydrogens is 214 g/mol. The fourth-order valence-electron chi connectivity index (χ4n) is 1.75. The summed E-state index contributed by atoms with van der Waals surface area (Å²) in [7, 11) is 0. The van der Waals surface area contributed by atoms with Crippen molar-refractivity contribution >= 4 is 10.9 Å². The molecule has 0 aliphatic rings. The second kappa shape index (κ2) is 4.45. The Balaban J connectivity index is 2.64. The Labute approximate surface area is 99.6 Å². The van der Waals surface area contributed by atoms with Crippen LogP contribution in [0, 0.1) is 0 Å². The Hall–Kier alpha value is -2.03. The number of rotatable bonds is 2. The number of pyridine rings is 1. The second-order valence-electron chi connectivity index (χ2n) is 4.31. The zero-order valence-corrected chi connectivity index (χ0v) is 9.97. The van der Waals surface area contributed by atoms with Gasteiger partial charge in [0.25, 0.3) is 5.56 Å². The van der Waals surface area contributed by atoms with Gasteiger partial charge in [-0.2, -0.15) is 0 Å². The molecule has 17 heavy (non-hydrogen) atoms. The number of phenolic OH excluding ortho intramolecular Hbond substituents is 1. The minimum Gasteiger partial charge on any atom is -0.508 e. The smallest absolute Gasteiger partial charge is 0.251 e. The highest BCUT2D eigenvalue weighted by molar-refractivity contribution is 5.80. The van der Waals surface area contributed by atoms with Gasteiger partial charge in [0.2, 0.25) is 0 Å². The van der Waals surface area contributed by atoms with Crippen LogP contribution in [0.3, 0.4) is 0 Å². The molecule has 88 valence electrons. The molecule has 0 spiro atoms. The Morgan fingerprint density at radius 2 is 2.06 bits per heavy atom. The van der Waals surface area contributed by atoms with Crippen molar-refractivity contribution < 1.29 is 5.11 Å². The molecule has 2 aromatic rings. The molecule has 0 saturated carbocycles. The average molecular weight is 229 g/mol. The van der Waals surface area contributed by atoms with Gasteiger partial charge in [0.1, 0.15) is 5.75 Å². The lowest BCUT2D eigenvalue weighted by Gasteiger charge is -2.08. The standard InChI is InChI=1S/C14H15NO2/c1-10(2)7-8-15-13-5-4-12(16)9-11(13)3-6-14(15)17/h3-7,9,16H,8H2,1-2H3. The SMILES string of the molecule is CC(C)=CCn1c(=O)ccc2cc(O)ccc21. The Morgan fingerprint density at radius 3 is 2.76 bits per heavy atom. The molecule has 0 aliphatic heterocycles. The molecule has 0 atom stereocenters. The normalized spacial score (nSPS) is 10.5. The predicted octanol–water partition coefficient (Wildman–Crippen LogP) is 2.67. The quantitative estimate of drug-likeness (QED) is 0.804. The van der Waals surface area contributed by atoms with E-state index in [1.807, 2.05) is 19.9 Å². The molecule has 1 N–H and O–H groups in total. The monoisotopic (exact) mass is 229 g/mol. The number of aromatic nitrogens is 1. The van der Waals surface area contributed by atoms with Gasteiger partial charge in [-0.15, -0.1) is 0 Å². The van der Waals surface area contributed by atoms with Gasteiger partial charge >= 0.3 is 0 Å². The van der Waals surface area contributed by atoms with Crippen LogP contribution in [0.1, 0.15) is 13.8 Å². The molecule has 1 aromatic heterocycles. The minimum atomic E-state index is -0.0271. The number of phenols is 1. The topological polar surface area (TPSA) is 42.2 Å². The summed E-state index contributed by atoms with van der Waals surface area (Å²) in [6.07, 6.45) is 2.01. The van der Waals surface area contributed by atoms with Gasteiger partial charge in [-0.25, -0.2) is 0 Å². The van der Waals surface area contributed by atoms with Crippen molar-refractivity contribution in [3.8, 4) is 5.75 Å². The van der Waals surface area contributed by atoms with Gasteiger partial charge in [0.05, 0.1) is 5.52 Å². The van der Waals surface area contributed by atoms with Crippen LogP contribution in [-0.2, 0) is 6.54 Å². The molecule has 0 amide bonds. The Kier molecular flexibility index (Phi) is 3.00. The van der Waals surface area contributed by atoms with Crippen molar-refractivity contribution in [2.75, 3.05) is 0 Å². The maximum atomic E-state index is 11.8. The zero-order chi connectivity index (χ0) is 12.4. The van der Waals surface area contributed by atoms with Crippen molar-refractivity contribution in [3.63, 3.8) is 0 Å². The number of aromatic hydroxyl groups is 1. The van der Waals surface area contributed by atoms with Gasteiger partial charge < -0.3 is 9.67 Å². The summed E-state index contributed by atoms with van der Waals surface area (Å²) in [5.41, 5.74) is 1.99. The lowest BCUT2D eigenvalue weighted by molar-refractivity contribution is 0.476. The zero-order valence-electron chi connectivity index (χ0n) is 9.97. The molecule has 0 unspecified atom stereocenters. The number of hydrogen-bond acceptors (Lipinski definition) is 2. The van der Waals surface area contributed by atoms with Crippen LogP contribution in [0.2, 0.25) is 0 Å². The van der Waals surface area contributed by atoms with Crippen LogP contribution in [0.4, 0.5) is 0 Å². The molecule has 3 heteroatoms. The van der Waals surface area contributed by atoms with E-state index in [1.165, 1.54) is 11.6 Å². The van der Waals surface area contributed by atoms with Crippen LogP contribution in [0.5, 0.6) is 5.75 Å². The summed E-state index contributed by atoms with van der Waals surface area (Å²) in [6, 6.07) is 8.29. The molecule has 0 radical (unpaired) electrons. The first-order valence-electron chi connectivity index (χ1n) is 5.54. The van der Waals surface area contributed by atoms with Gasteiger partial charge in [-0.1, -0.05) is 11.6 Å². The lowest BCUT2D eigenvalue weighted by Crippen LogP contribution is -2.18. The third-order valence-corrected chi connectivity index (χ3v) is 2.66. The van der Waals surface area contributed by atoms with E-state index in [2.05, 4.69) is 0 Å². The van der Waals surface area contributed by atoms with E-state index < -0.39 is 0 Å². The maximum absolute atomic E-state index is 11.8. The van der Waals surface area contributed by atoms with Crippen molar-refractivity contribution in [3.05, 3.63) is 52.3 Å². The van der Waals surface area contributed by atoms with E-state index in [1.54, 1.807) is 28.8 Å². The first-order chi connectivity index (χ1) is 8.08. The molecule has 2 rings (SSSR count). The first kappa shape index (κ1) is 11.5. The molecule has 0 fully saturated rings. The molecular formula is C14H15NO2. The van der Waals surface area contributed by atoms with Gasteiger partial charge in [-0.3, -0.25) is 4.79 Å². The van der Waals surface area contributed by atoms with Gasteiger partial charge in [0, 0.05) is 18.0 Å². The van der Waals surface area contributed by atoms with Crippen molar-refractivity contribution in [2.45, 2.75) is 20.4 Å². The summed E-state index contributed by atoms with van der Waals surface area (Å²) in [5, 5.41) is 10.3. The van der Waals surface area contributed by atoms with E-state index in [0.29, 0.717) is 6.54 Å². The van der Waals surface area contributed by atoms with Crippen LogP contribution in [0.25, 0.3) is 10.9 Å². The van der Waals surface area contributed by atoms with Gasteiger partial charge in [0.15, 0.2) is 0 Å². The maximum Gasteiger partial charge on any atom is 0.251 e. The minimum absolute atomic E-state index is 0.0271. The predicted molar refractivity (Wildman–Crippen MR) is 69.3 cm³/mol. The molecule has 0 bridgehead atoms. The highest BCUT2D eigenvalue weighted by Gasteiger charge is 2.02. The van der Waals surface area contributed by atoms with E-state index in [-0.39, 0.29) is 11.3 Å². The lowest BCUT2D eigenvalue weighted by atomic mass is 10.2. The number of allylic oxidation sites excluding steroid dienone is 2. The molecule has 3 nitrogen and oxygen atoms in total. The largest absolute Gasteiger partial charge is 0.508 e. The van der Waals surface area contributed by atoms with Crippen molar-refractivity contribution in [1.82, 2.24) is 4.57 Å². The number of fused-ring (bicyclic) bond motifs is 1. The number of nitrogens with zero attached hydrogens (tertiary/aromatic N) is 1. The summed E-state index contributed by atoms with van der Waals surface area (Å²) in [4.78, 5) is 11.8. The van der Waals surface area contributed by atoms with Crippen LogP contribution < -0.4 is 5.56 Å². The summed E-state index contributed by atoms with van der Waals surface area (Å²) in [5.74, 6) is 0.213. The van der Waals surface area contributed by atoms with E-state index in [4.69, 9.17) is 0 Å². The Morgan fingerprint density at radius 1 is 1.29 bits per heavy atom. The molecule has 0 saturated heterocycles. The fourth-order valence-corrected chi connectivity index (χ4v) is 1.75. The number of hydrogen-bond donors (Lipinski definition) is 1. The van der Waals surface area contributed by atoms with Crippen molar-refractivity contribution in [1.29, 1.82) is 0 Å². The van der Waals surface area contributed by atoms with Crippen LogP contribution in [-0.4, -0.2) is 9.67 Å². The highest BCUT2D eigenvalue weighted by atomic mass is 16.3. The van der Waals surface area contributed by atoms with Crippen LogP contribution in [0.15, 0.2) is 46.8 Å². The highest BCUT2D eigenvalue weighted by Crippen LogP contribution is 2.18. The third-order valence-electron chi connectivity index (χ3n) is 2.66. The molecule has 1 heterocycles. The first-order valence-corrected chi connectivity index (χ1v) is 5.54. The number of benzene rings is 1.